The Morgan fingerprint density at radius 3 is 2.72 bits per heavy atom. The van der Waals surface area contributed by atoms with Gasteiger partial charge in [-0.25, -0.2) is 0 Å². The number of carbonyl (C=O) groups is 3. The van der Waals surface area contributed by atoms with Crippen LogP contribution in [0, 0.1) is 5.92 Å². The van der Waals surface area contributed by atoms with E-state index in [1.807, 2.05) is 24.3 Å². The first-order valence-electron chi connectivity index (χ1n) is 9.77. The molecule has 29 heavy (non-hydrogen) atoms. The lowest BCUT2D eigenvalue weighted by Crippen LogP contribution is -2.60. The topological polar surface area (TPSA) is 114 Å². The number of pyridine rings is 1. The number of para-hydroxylation sites is 1. The van der Waals surface area contributed by atoms with E-state index in [-0.39, 0.29) is 24.3 Å². The van der Waals surface area contributed by atoms with Gasteiger partial charge in [-0.1, -0.05) is 24.6 Å². The molecule has 0 saturated heterocycles. The molecule has 150 valence electrons. The van der Waals surface area contributed by atoms with E-state index < -0.39 is 17.4 Å². The molecule has 1 aromatic carbocycles. The summed E-state index contributed by atoms with van der Waals surface area (Å²) in [6.45, 7) is 0. The van der Waals surface area contributed by atoms with Crippen LogP contribution in [-0.4, -0.2) is 39.8 Å². The van der Waals surface area contributed by atoms with Gasteiger partial charge in [-0.15, -0.1) is 0 Å². The molecule has 4 rings (SSSR count). The number of aldehydes is 1. The van der Waals surface area contributed by atoms with Gasteiger partial charge in [-0.05, 0) is 42.5 Å². The van der Waals surface area contributed by atoms with Crippen LogP contribution in [0.4, 0.5) is 5.69 Å². The summed E-state index contributed by atoms with van der Waals surface area (Å²) >= 11 is 0. The molecule has 2 aliphatic rings. The highest BCUT2D eigenvalue weighted by Gasteiger charge is 2.55. The fourth-order valence-electron chi connectivity index (χ4n) is 5.09. The van der Waals surface area contributed by atoms with Gasteiger partial charge in [0.1, 0.15) is 11.8 Å². The number of fused-ring (bicyclic) bond motifs is 2. The van der Waals surface area contributed by atoms with Crippen LogP contribution in [0.5, 0.6) is 0 Å². The van der Waals surface area contributed by atoms with E-state index in [1.54, 1.807) is 23.2 Å². The Balaban J connectivity index is 1.88. The summed E-state index contributed by atoms with van der Waals surface area (Å²) in [5.74, 6) is -2.03. The monoisotopic (exact) mass is 393 g/mol. The van der Waals surface area contributed by atoms with Gasteiger partial charge < -0.3 is 20.5 Å². The Morgan fingerprint density at radius 2 is 2.03 bits per heavy atom. The van der Waals surface area contributed by atoms with Gasteiger partial charge >= 0.3 is 5.97 Å². The Morgan fingerprint density at radius 1 is 1.24 bits per heavy atom. The molecule has 4 atom stereocenters. The van der Waals surface area contributed by atoms with Crippen molar-refractivity contribution in [3.8, 4) is 0 Å². The molecule has 2 heterocycles. The second-order valence-corrected chi connectivity index (χ2v) is 7.83. The van der Waals surface area contributed by atoms with Gasteiger partial charge in [-0.3, -0.25) is 14.6 Å². The fourth-order valence-corrected chi connectivity index (χ4v) is 5.09. The number of carboxylic acid groups (broad SMARTS) is 1. The van der Waals surface area contributed by atoms with Crippen molar-refractivity contribution >= 4 is 23.9 Å². The Kier molecular flexibility index (Phi) is 4.92. The average Bonchev–Trinajstić information content (AvgIpc) is 3.20. The lowest BCUT2D eigenvalue weighted by atomic mass is 9.66. The van der Waals surface area contributed by atoms with E-state index in [2.05, 4.69) is 4.98 Å². The summed E-state index contributed by atoms with van der Waals surface area (Å²) in [6.07, 6.45) is 5.84. The van der Waals surface area contributed by atoms with Crippen LogP contribution in [0.3, 0.4) is 0 Å². The minimum Gasteiger partial charge on any atom is -0.480 e. The second kappa shape index (κ2) is 7.40. The predicted octanol–water partition coefficient (Wildman–Crippen LogP) is 2.37. The summed E-state index contributed by atoms with van der Waals surface area (Å²) < 4.78 is 0. The molecule has 1 amide bonds. The van der Waals surface area contributed by atoms with Crippen molar-refractivity contribution in [2.24, 2.45) is 11.7 Å². The van der Waals surface area contributed by atoms with E-state index >= 15 is 0 Å². The minimum atomic E-state index is -1.71. The summed E-state index contributed by atoms with van der Waals surface area (Å²) in [6, 6.07) is 10.6. The number of anilines is 1. The molecule has 0 bridgehead atoms. The van der Waals surface area contributed by atoms with Crippen LogP contribution in [0.25, 0.3) is 0 Å². The first-order chi connectivity index (χ1) is 14.0. The molecule has 1 aliphatic heterocycles. The molecule has 1 saturated carbocycles. The predicted molar refractivity (Wildman–Crippen MR) is 107 cm³/mol. The van der Waals surface area contributed by atoms with E-state index in [0.29, 0.717) is 23.1 Å². The zero-order chi connectivity index (χ0) is 20.6. The van der Waals surface area contributed by atoms with Gasteiger partial charge in [0.2, 0.25) is 0 Å². The number of aromatic nitrogens is 1. The standard InChI is InChI=1S/C22H23N3O4/c23-22(10-12-26,21(28)29)19-15-6-1-2-8-17(15)25(18-9-3-7-16(18)19)20(27)14-5-4-11-24-13-14/h1-2,4-6,8,11-13,16,18-19H,3,7,9-10,23H2,(H,28,29). The highest BCUT2D eigenvalue weighted by atomic mass is 16.4. The zero-order valence-electron chi connectivity index (χ0n) is 15.9. The third kappa shape index (κ3) is 3.02. The SMILES string of the molecule is NC(CC=O)(C(=O)O)C1c2ccccc2N(C(=O)c2cccnc2)C2CCCC21. The molecular weight excluding hydrogens is 370 g/mol. The van der Waals surface area contributed by atoms with Crippen LogP contribution in [0.2, 0.25) is 0 Å². The van der Waals surface area contributed by atoms with Gasteiger partial charge in [0.15, 0.2) is 0 Å². The van der Waals surface area contributed by atoms with Crippen LogP contribution in [0.15, 0.2) is 48.8 Å². The molecule has 1 aromatic heterocycles. The van der Waals surface area contributed by atoms with Gasteiger partial charge in [0, 0.05) is 36.5 Å². The van der Waals surface area contributed by atoms with Crippen molar-refractivity contribution < 1.29 is 19.5 Å². The fraction of sp³-hybridized carbons (Fsp3) is 0.364. The number of carboxylic acids is 1. The lowest BCUT2D eigenvalue weighted by Gasteiger charge is -2.48. The molecule has 7 heteroatoms. The van der Waals surface area contributed by atoms with Gasteiger partial charge in [-0.2, -0.15) is 0 Å². The number of benzene rings is 1. The van der Waals surface area contributed by atoms with Crippen LogP contribution in [-0.2, 0) is 9.59 Å². The number of amides is 1. The van der Waals surface area contributed by atoms with Crippen molar-refractivity contribution in [1.29, 1.82) is 0 Å². The van der Waals surface area contributed by atoms with E-state index in [0.717, 1.165) is 19.3 Å². The first-order valence-corrected chi connectivity index (χ1v) is 9.77. The normalized spacial score (nSPS) is 24.9. The smallest absolute Gasteiger partial charge is 0.324 e. The Hall–Kier alpha value is -3.06. The van der Waals surface area contributed by atoms with Crippen LogP contribution < -0.4 is 10.6 Å². The average molecular weight is 393 g/mol. The number of hydrogen-bond acceptors (Lipinski definition) is 5. The summed E-state index contributed by atoms with van der Waals surface area (Å²) in [5.41, 5.74) is 6.53. The van der Waals surface area contributed by atoms with Crippen molar-refractivity contribution in [3.63, 3.8) is 0 Å². The summed E-state index contributed by atoms with van der Waals surface area (Å²) in [4.78, 5) is 42.7. The lowest BCUT2D eigenvalue weighted by molar-refractivity contribution is -0.146. The van der Waals surface area contributed by atoms with Gasteiger partial charge in [0.05, 0.1) is 5.56 Å². The van der Waals surface area contributed by atoms with Crippen molar-refractivity contribution in [2.45, 2.75) is 43.2 Å². The molecular formula is C22H23N3O4. The molecule has 3 N–H and O–H groups in total. The molecule has 0 radical (unpaired) electrons. The van der Waals surface area contributed by atoms with Crippen LogP contribution >= 0.6 is 0 Å². The number of carbonyl (C=O) groups excluding carboxylic acids is 2. The largest absolute Gasteiger partial charge is 0.480 e. The second-order valence-electron chi connectivity index (χ2n) is 7.83. The minimum absolute atomic E-state index is 0.133. The molecule has 4 unspecified atom stereocenters. The third-order valence-corrected chi connectivity index (χ3v) is 6.32. The van der Waals surface area contributed by atoms with Gasteiger partial charge in [0.25, 0.3) is 5.91 Å². The number of nitrogens with two attached hydrogens (primary N) is 1. The number of rotatable bonds is 5. The zero-order valence-corrected chi connectivity index (χ0v) is 15.9. The molecule has 0 spiro atoms. The number of nitrogens with zero attached hydrogens (tertiary/aromatic N) is 2. The maximum atomic E-state index is 13.4. The van der Waals surface area contributed by atoms with E-state index in [9.17, 15) is 19.5 Å². The summed E-state index contributed by atoms with van der Waals surface area (Å²) in [5, 5.41) is 9.94. The van der Waals surface area contributed by atoms with Crippen molar-refractivity contribution in [1.82, 2.24) is 4.98 Å². The first kappa shape index (κ1) is 19.3. The van der Waals surface area contributed by atoms with E-state index in [4.69, 9.17) is 5.73 Å². The highest BCUT2D eigenvalue weighted by molar-refractivity contribution is 6.07. The quantitative estimate of drug-likeness (QED) is 0.754. The summed E-state index contributed by atoms with van der Waals surface area (Å²) in [7, 11) is 0. The molecule has 7 nitrogen and oxygen atoms in total. The highest BCUT2D eigenvalue weighted by Crippen LogP contribution is 2.53. The van der Waals surface area contributed by atoms with Crippen molar-refractivity contribution in [2.75, 3.05) is 4.90 Å². The number of aliphatic carboxylic acids is 1. The van der Waals surface area contributed by atoms with Crippen LogP contribution in [0.1, 0.15) is 47.5 Å². The maximum absolute atomic E-state index is 13.4. The Bertz CT molecular complexity index is 948. The maximum Gasteiger partial charge on any atom is 0.324 e. The number of hydrogen-bond donors (Lipinski definition) is 2. The third-order valence-electron chi connectivity index (χ3n) is 6.32. The molecule has 1 aliphatic carbocycles. The Labute approximate surface area is 168 Å². The van der Waals surface area contributed by atoms with E-state index in [1.165, 1.54) is 6.20 Å². The van der Waals surface area contributed by atoms with Crippen molar-refractivity contribution in [3.05, 3.63) is 59.9 Å². The molecule has 2 aromatic rings. The molecule has 1 fully saturated rings.